The lowest BCUT2D eigenvalue weighted by Gasteiger charge is -2.10. The second-order valence-electron chi connectivity index (χ2n) is 10.2. The second kappa shape index (κ2) is 11.9. The maximum atomic E-state index is 4.92. The van der Waals surface area contributed by atoms with E-state index in [-0.39, 0.29) is 0 Å². The average Bonchev–Trinajstić information content (AvgIpc) is 3.09. The fourth-order valence-electron chi connectivity index (χ4n) is 5.00. The van der Waals surface area contributed by atoms with Crippen LogP contribution in [0.25, 0.3) is 67.5 Å². The fourth-order valence-corrected chi connectivity index (χ4v) is 5.27. The zero-order valence-corrected chi connectivity index (χ0v) is 24.7. The van der Waals surface area contributed by atoms with Gasteiger partial charge in [0.15, 0.2) is 17.5 Å². The molecule has 5 aromatic carbocycles. The first kappa shape index (κ1) is 26.6. The van der Waals surface area contributed by atoms with Gasteiger partial charge in [-0.3, -0.25) is 4.98 Å². The van der Waals surface area contributed by atoms with Gasteiger partial charge in [0.2, 0.25) is 0 Å². The van der Waals surface area contributed by atoms with E-state index in [1.165, 1.54) is 11.1 Å². The van der Waals surface area contributed by atoms with E-state index in [9.17, 15) is 0 Å². The molecule has 0 atom stereocenters. The zero-order chi connectivity index (χ0) is 29.0. The van der Waals surface area contributed by atoms with E-state index in [2.05, 4.69) is 124 Å². The summed E-state index contributed by atoms with van der Waals surface area (Å²) in [7, 11) is 0. The zero-order valence-electron chi connectivity index (χ0n) is 23.1. The molecular weight excluding hydrogens is 592 g/mol. The normalized spacial score (nSPS) is 10.9. The van der Waals surface area contributed by atoms with E-state index >= 15 is 0 Å². The number of nitrogens with zero attached hydrogens (tertiary/aromatic N) is 4. The first-order valence-electron chi connectivity index (χ1n) is 14.0. The van der Waals surface area contributed by atoms with Crippen LogP contribution in [-0.4, -0.2) is 19.9 Å². The van der Waals surface area contributed by atoms with Crippen molar-refractivity contribution in [3.63, 3.8) is 0 Å². The van der Waals surface area contributed by atoms with Crippen LogP contribution in [0.2, 0.25) is 0 Å². The molecule has 0 aliphatic heterocycles. The SMILES string of the molecule is Brc1ccc(-c2ccc(-c3ccc(-c4nc(-c5ccccc5)nc(-c5ccc(-c6cccnc6)cc5)n4)cc3)cc2)cc1. The van der Waals surface area contributed by atoms with Gasteiger partial charge in [-0.05, 0) is 51.6 Å². The summed E-state index contributed by atoms with van der Waals surface area (Å²) in [5.74, 6) is 1.91. The number of pyridine rings is 1. The monoisotopic (exact) mass is 616 g/mol. The molecule has 2 aromatic heterocycles. The van der Waals surface area contributed by atoms with E-state index < -0.39 is 0 Å². The van der Waals surface area contributed by atoms with Crippen molar-refractivity contribution in [2.45, 2.75) is 0 Å². The summed E-state index contributed by atoms with van der Waals surface area (Å²) in [6.07, 6.45) is 3.65. The average molecular weight is 618 g/mol. The molecular formula is C38H25BrN4. The number of hydrogen-bond donors (Lipinski definition) is 0. The second-order valence-corrected chi connectivity index (χ2v) is 11.1. The van der Waals surface area contributed by atoms with Gasteiger partial charge in [-0.1, -0.05) is 137 Å². The summed E-state index contributed by atoms with van der Waals surface area (Å²) in [5.41, 5.74) is 9.63. The van der Waals surface area contributed by atoms with Crippen molar-refractivity contribution >= 4 is 15.9 Å². The Morgan fingerprint density at radius 2 is 0.674 bits per heavy atom. The maximum absolute atomic E-state index is 4.92. The van der Waals surface area contributed by atoms with Crippen LogP contribution in [0.15, 0.2) is 156 Å². The van der Waals surface area contributed by atoms with E-state index in [0.29, 0.717) is 17.5 Å². The molecule has 204 valence electrons. The highest BCUT2D eigenvalue weighted by atomic mass is 79.9. The highest BCUT2D eigenvalue weighted by Gasteiger charge is 2.13. The number of hydrogen-bond acceptors (Lipinski definition) is 4. The van der Waals surface area contributed by atoms with Gasteiger partial charge >= 0.3 is 0 Å². The number of benzene rings is 5. The Kier molecular flexibility index (Phi) is 7.38. The predicted octanol–water partition coefficient (Wildman–Crippen LogP) is 10.0. The summed E-state index contributed by atoms with van der Waals surface area (Å²) in [5, 5.41) is 0. The Morgan fingerprint density at radius 3 is 1.09 bits per heavy atom. The molecule has 0 amide bonds. The molecule has 0 N–H and O–H groups in total. The first-order chi connectivity index (χ1) is 21.2. The minimum Gasteiger partial charge on any atom is -0.264 e. The molecule has 7 rings (SSSR count). The van der Waals surface area contributed by atoms with Crippen LogP contribution in [0.5, 0.6) is 0 Å². The van der Waals surface area contributed by atoms with Gasteiger partial charge in [-0.25, -0.2) is 15.0 Å². The molecule has 0 aliphatic rings. The lowest BCUT2D eigenvalue weighted by Crippen LogP contribution is -2.00. The summed E-state index contributed by atoms with van der Waals surface area (Å²) in [6, 6.07) is 47.7. The Morgan fingerprint density at radius 1 is 0.326 bits per heavy atom. The van der Waals surface area contributed by atoms with Crippen LogP contribution in [0, 0.1) is 0 Å². The molecule has 0 bridgehead atoms. The van der Waals surface area contributed by atoms with Crippen molar-refractivity contribution in [2.75, 3.05) is 0 Å². The molecule has 0 saturated carbocycles. The number of aromatic nitrogens is 4. The van der Waals surface area contributed by atoms with Gasteiger partial charge in [-0.15, -0.1) is 0 Å². The molecule has 0 unspecified atom stereocenters. The van der Waals surface area contributed by atoms with E-state index in [0.717, 1.165) is 43.4 Å². The predicted molar refractivity (Wildman–Crippen MR) is 178 cm³/mol. The molecule has 7 aromatic rings. The third-order valence-electron chi connectivity index (χ3n) is 7.34. The maximum Gasteiger partial charge on any atom is 0.164 e. The first-order valence-corrected chi connectivity index (χ1v) is 14.8. The van der Waals surface area contributed by atoms with Gasteiger partial charge in [0.05, 0.1) is 0 Å². The van der Waals surface area contributed by atoms with Crippen molar-refractivity contribution in [3.05, 3.63) is 156 Å². The lowest BCUT2D eigenvalue weighted by atomic mass is 9.99. The van der Waals surface area contributed by atoms with Crippen LogP contribution in [0.1, 0.15) is 0 Å². The molecule has 0 aliphatic carbocycles. The molecule has 0 fully saturated rings. The Balaban J connectivity index is 1.21. The van der Waals surface area contributed by atoms with Crippen LogP contribution in [0.4, 0.5) is 0 Å². The lowest BCUT2D eigenvalue weighted by molar-refractivity contribution is 1.07. The van der Waals surface area contributed by atoms with Gasteiger partial charge in [0, 0.05) is 33.6 Å². The molecule has 0 spiro atoms. The van der Waals surface area contributed by atoms with Crippen molar-refractivity contribution in [1.82, 2.24) is 19.9 Å². The van der Waals surface area contributed by atoms with Gasteiger partial charge in [0.25, 0.3) is 0 Å². The topological polar surface area (TPSA) is 51.6 Å². The van der Waals surface area contributed by atoms with Crippen molar-refractivity contribution in [1.29, 1.82) is 0 Å². The van der Waals surface area contributed by atoms with Crippen LogP contribution < -0.4 is 0 Å². The van der Waals surface area contributed by atoms with Crippen molar-refractivity contribution in [3.8, 4) is 67.5 Å². The Labute approximate surface area is 259 Å². The smallest absolute Gasteiger partial charge is 0.164 e. The molecule has 0 radical (unpaired) electrons. The van der Waals surface area contributed by atoms with E-state index in [1.807, 2.05) is 42.6 Å². The summed E-state index contributed by atoms with van der Waals surface area (Å²) < 4.78 is 1.08. The van der Waals surface area contributed by atoms with E-state index in [1.54, 1.807) is 6.20 Å². The van der Waals surface area contributed by atoms with Crippen LogP contribution in [-0.2, 0) is 0 Å². The summed E-state index contributed by atoms with van der Waals surface area (Å²) in [4.78, 5) is 18.9. The molecule has 5 heteroatoms. The molecule has 43 heavy (non-hydrogen) atoms. The third-order valence-corrected chi connectivity index (χ3v) is 7.87. The highest BCUT2D eigenvalue weighted by molar-refractivity contribution is 9.10. The van der Waals surface area contributed by atoms with Crippen molar-refractivity contribution in [2.24, 2.45) is 0 Å². The van der Waals surface area contributed by atoms with Gasteiger partial charge in [0.1, 0.15) is 0 Å². The summed E-state index contributed by atoms with van der Waals surface area (Å²) in [6.45, 7) is 0. The number of halogens is 1. The number of rotatable bonds is 6. The van der Waals surface area contributed by atoms with Gasteiger partial charge in [-0.2, -0.15) is 0 Å². The molecule has 0 saturated heterocycles. The van der Waals surface area contributed by atoms with Crippen LogP contribution in [0.3, 0.4) is 0 Å². The molecule has 2 heterocycles. The largest absolute Gasteiger partial charge is 0.264 e. The van der Waals surface area contributed by atoms with E-state index in [4.69, 9.17) is 15.0 Å². The minimum atomic E-state index is 0.634. The highest BCUT2D eigenvalue weighted by Crippen LogP contribution is 2.30. The third kappa shape index (κ3) is 5.89. The fraction of sp³-hybridized carbons (Fsp3) is 0. The van der Waals surface area contributed by atoms with Crippen LogP contribution >= 0.6 is 15.9 Å². The minimum absolute atomic E-state index is 0.634. The standard InChI is InChI=1S/C38H25BrN4/c39-35-22-20-29(21-23-35)27-10-8-26(9-11-27)28-12-16-32(17-13-28)37-41-36(31-5-2-1-3-6-31)42-38(43-37)33-18-14-30(15-19-33)34-7-4-24-40-25-34/h1-25H. The Bertz CT molecular complexity index is 1970. The summed E-state index contributed by atoms with van der Waals surface area (Å²) >= 11 is 3.51. The van der Waals surface area contributed by atoms with Gasteiger partial charge < -0.3 is 0 Å². The Hall–Kier alpha value is -5.26. The molecule has 4 nitrogen and oxygen atoms in total. The quantitative estimate of drug-likeness (QED) is 0.186. The van der Waals surface area contributed by atoms with Crippen molar-refractivity contribution < 1.29 is 0 Å².